The van der Waals surface area contributed by atoms with Crippen LogP contribution in [0.4, 0.5) is 5.82 Å². The molecule has 1 atom stereocenters. The van der Waals surface area contributed by atoms with Gasteiger partial charge in [0.15, 0.2) is 11.6 Å². The minimum Gasteiger partial charge on any atom is -0.314 e. The minimum atomic E-state index is 0.0371. The van der Waals surface area contributed by atoms with Crippen molar-refractivity contribution in [2.45, 2.75) is 26.3 Å². The largest absolute Gasteiger partial charge is 0.314 e. The van der Waals surface area contributed by atoms with Gasteiger partial charge in [-0.2, -0.15) is 4.98 Å². The van der Waals surface area contributed by atoms with E-state index in [4.69, 9.17) is 4.98 Å². The highest BCUT2D eigenvalue weighted by Gasteiger charge is 2.37. The van der Waals surface area contributed by atoms with E-state index in [9.17, 15) is 0 Å². The van der Waals surface area contributed by atoms with Crippen molar-refractivity contribution in [2.75, 3.05) is 4.90 Å². The van der Waals surface area contributed by atoms with E-state index in [1.165, 1.54) is 0 Å². The fourth-order valence-electron chi connectivity index (χ4n) is 4.15. The standard InChI is InChI=1S/C22H19N9/c1-3-17-21-28-27-14(2)30(21)18-13-25-22(26-20(18)31(17)16-5-4-6-16)29-12-11-24-19(29)15-7-9-23-10-8-15/h4-13,17H,3H2,1-2H3/t17-/m1/s1. The molecule has 2 aliphatic rings. The number of rotatable bonds is 4. The molecule has 0 saturated heterocycles. The van der Waals surface area contributed by atoms with Crippen LogP contribution in [0.3, 0.4) is 0 Å². The van der Waals surface area contributed by atoms with Gasteiger partial charge >= 0.3 is 0 Å². The molecule has 5 heterocycles. The Morgan fingerprint density at radius 2 is 1.90 bits per heavy atom. The topological polar surface area (TPSA) is 90.4 Å². The van der Waals surface area contributed by atoms with E-state index in [1.807, 2.05) is 42.1 Å². The second-order valence-electron chi connectivity index (χ2n) is 7.42. The van der Waals surface area contributed by atoms with Crippen LogP contribution in [-0.4, -0.2) is 39.3 Å². The summed E-state index contributed by atoms with van der Waals surface area (Å²) < 4.78 is 3.96. The number of fused-ring (bicyclic) bond motifs is 3. The lowest BCUT2D eigenvalue weighted by Gasteiger charge is -2.38. The van der Waals surface area contributed by atoms with Crippen LogP contribution in [0.2, 0.25) is 0 Å². The van der Waals surface area contributed by atoms with Gasteiger partial charge in [0.25, 0.3) is 0 Å². The Kier molecular flexibility index (Phi) is 3.82. The van der Waals surface area contributed by atoms with Crippen LogP contribution < -0.4 is 4.90 Å². The van der Waals surface area contributed by atoms with Crippen molar-refractivity contribution in [1.29, 1.82) is 0 Å². The van der Waals surface area contributed by atoms with E-state index in [2.05, 4.69) is 53.7 Å². The number of hydrogen-bond donors (Lipinski definition) is 0. The first-order valence-electron chi connectivity index (χ1n) is 10.2. The van der Waals surface area contributed by atoms with E-state index in [0.29, 0.717) is 5.95 Å². The summed E-state index contributed by atoms with van der Waals surface area (Å²) in [5, 5.41) is 8.80. The number of nitrogens with zero attached hydrogens (tertiary/aromatic N) is 9. The fraction of sp³-hybridized carbons (Fsp3) is 0.182. The normalized spacial score (nSPS) is 16.5. The number of hydrogen-bond acceptors (Lipinski definition) is 7. The van der Waals surface area contributed by atoms with Crippen LogP contribution in [0.15, 0.2) is 67.0 Å². The average molecular weight is 409 g/mol. The number of pyridine rings is 1. The quantitative estimate of drug-likeness (QED) is 0.510. The van der Waals surface area contributed by atoms with Gasteiger partial charge in [0.1, 0.15) is 17.3 Å². The summed E-state index contributed by atoms with van der Waals surface area (Å²) in [6, 6.07) is 3.89. The SMILES string of the molecule is CC[C@@H]1c2nnc(C)n2-c2cnc(-n3ccnc3-c3ccncc3)nc2N1C1=CC=C1. The summed E-state index contributed by atoms with van der Waals surface area (Å²) in [4.78, 5) is 20.6. The Bertz CT molecular complexity index is 1350. The highest BCUT2D eigenvalue weighted by molar-refractivity contribution is 5.69. The van der Waals surface area contributed by atoms with Gasteiger partial charge in [-0.1, -0.05) is 13.0 Å². The van der Waals surface area contributed by atoms with Crippen molar-refractivity contribution in [1.82, 2.24) is 39.3 Å². The maximum absolute atomic E-state index is 5.02. The third-order valence-electron chi connectivity index (χ3n) is 5.66. The first-order valence-corrected chi connectivity index (χ1v) is 10.2. The average Bonchev–Trinajstić information content (AvgIpc) is 3.40. The van der Waals surface area contributed by atoms with Crippen LogP contribution >= 0.6 is 0 Å². The summed E-state index contributed by atoms with van der Waals surface area (Å²) in [7, 11) is 0. The Hall–Kier alpha value is -4.14. The molecule has 0 spiro atoms. The number of anilines is 1. The molecule has 0 saturated carbocycles. The maximum atomic E-state index is 5.02. The number of aromatic nitrogens is 8. The Balaban J connectivity index is 1.55. The lowest BCUT2D eigenvalue weighted by atomic mass is 10.0. The zero-order valence-electron chi connectivity index (χ0n) is 17.1. The molecule has 0 radical (unpaired) electrons. The molecule has 9 nitrogen and oxygen atoms in total. The van der Waals surface area contributed by atoms with E-state index in [1.54, 1.807) is 18.6 Å². The number of allylic oxidation sites excluding steroid dienone is 3. The van der Waals surface area contributed by atoms with E-state index in [-0.39, 0.29) is 6.04 Å². The lowest BCUT2D eigenvalue weighted by Crippen LogP contribution is -2.36. The van der Waals surface area contributed by atoms with Crippen molar-refractivity contribution in [3.05, 3.63) is 78.7 Å². The van der Waals surface area contributed by atoms with Gasteiger partial charge in [0.05, 0.1) is 12.2 Å². The second kappa shape index (κ2) is 6.69. The molecule has 4 aromatic heterocycles. The number of imidazole rings is 1. The van der Waals surface area contributed by atoms with E-state index in [0.717, 1.165) is 46.7 Å². The number of aryl methyl sites for hydroxylation is 1. The third-order valence-corrected chi connectivity index (χ3v) is 5.66. The molecular weight excluding hydrogens is 390 g/mol. The zero-order valence-corrected chi connectivity index (χ0v) is 17.1. The summed E-state index contributed by atoms with van der Waals surface area (Å²) >= 11 is 0. The summed E-state index contributed by atoms with van der Waals surface area (Å²) in [5.74, 6) is 3.88. The second-order valence-corrected chi connectivity index (χ2v) is 7.42. The first kappa shape index (κ1) is 17.7. The molecule has 0 fully saturated rings. The molecule has 0 bridgehead atoms. The van der Waals surface area contributed by atoms with Crippen molar-refractivity contribution in [3.8, 4) is 23.0 Å². The molecular formula is C22H19N9. The molecule has 0 N–H and O–H groups in total. The lowest BCUT2D eigenvalue weighted by molar-refractivity contribution is 0.572. The highest BCUT2D eigenvalue weighted by atomic mass is 15.4. The predicted molar refractivity (Wildman–Crippen MR) is 115 cm³/mol. The highest BCUT2D eigenvalue weighted by Crippen LogP contribution is 2.42. The maximum Gasteiger partial charge on any atom is 0.237 e. The summed E-state index contributed by atoms with van der Waals surface area (Å²) in [5.41, 5.74) is 2.92. The Morgan fingerprint density at radius 3 is 2.65 bits per heavy atom. The van der Waals surface area contributed by atoms with Gasteiger partial charge in [0, 0.05) is 36.0 Å². The molecule has 0 amide bonds. The smallest absolute Gasteiger partial charge is 0.237 e. The summed E-state index contributed by atoms with van der Waals surface area (Å²) in [6.45, 7) is 4.11. The molecule has 1 aliphatic heterocycles. The molecule has 0 aromatic carbocycles. The molecule has 4 aromatic rings. The molecule has 6 rings (SSSR count). The van der Waals surface area contributed by atoms with Crippen LogP contribution in [0.1, 0.15) is 31.0 Å². The van der Waals surface area contributed by atoms with Crippen LogP contribution in [-0.2, 0) is 0 Å². The van der Waals surface area contributed by atoms with Gasteiger partial charge < -0.3 is 4.90 Å². The van der Waals surface area contributed by atoms with E-state index >= 15 is 0 Å². The van der Waals surface area contributed by atoms with Crippen LogP contribution in [0, 0.1) is 6.92 Å². The molecule has 0 unspecified atom stereocenters. The first-order chi connectivity index (χ1) is 15.3. The summed E-state index contributed by atoms with van der Waals surface area (Å²) in [6.07, 6.45) is 16.1. The predicted octanol–water partition coefficient (Wildman–Crippen LogP) is 3.34. The van der Waals surface area contributed by atoms with Gasteiger partial charge in [0.2, 0.25) is 5.95 Å². The van der Waals surface area contributed by atoms with Gasteiger partial charge in [-0.25, -0.2) is 9.97 Å². The van der Waals surface area contributed by atoms with Gasteiger partial charge in [-0.3, -0.25) is 14.1 Å². The fourth-order valence-corrected chi connectivity index (χ4v) is 4.15. The van der Waals surface area contributed by atoms with Crippen molar-refractivity contribution < 1.29 is 0 Å². The Labute approximate surface area is 178 Å². The molecule has 31 heavy (non-hydrogen) atoms. The van der Waals surface area contributed by atoms with Crippen molar-refractivity contribution in [3.63, 3.8) is 0 Å². The molecule has 1 aliphatic carbocycles. The van der Waals surface area contributed by atoms with Crippen molar-refractivity contribution in [2.24, 2.45) is 0 Å². The van der Waals surface area contributed by atoms with Gasteiger partial charge in [-0.15, -0.1) is 10.2 Å². The van der Waals surface area contributed by atoms with Crippen LogP contribution in [0.25, 0.3) is 23.0 Å². The molecule has 152 valence electrons. The van der Waals surface area contributed by atoms with Crippen LogP contribution in [0.5, 0.6) is 0 Å². The minimum absolute atomic E-state index is 0.0371. The monoisotopic (exact) mass is 409 g/mol. The Morgan fingerprint density at radius 1 is 1.06 bits per heavy atom. The zero-order chi connectivity index (χ0) is 20.9. The van der Waals surface area contributed by atoms with Gasteiger partial charge in [-0.05, 0) is 37.6 Å². The van der Waals surface area contributed by atoms with Crippen molar-refractivity contribution >= 4 is 5.82 Å². The van der Waals surface area contributed by atoms with E-state index < -0.39 is 0 Å². The molecule has 9 heteroatoms. The third kappa shape index (κ3) is 2.56.